The molecule has 2 rings (SSSR count). The maximum absolute atomic E-state index is 13.4. The lowest BCUT2D eigenvalue weighted by molar-refractivity contribution is 0.471. The average Bonchev–Trinajstić information content (AvgIpc) is 2.50. The molecule has 0 fully saturated rings. The van der Waals surface area contributed by atoms with Crippen LogP contribution in [-0.2, 0) is 4.57 Å². The van der Waals surface area contributed by atoms with Gasteiger partial charge in [-0.1, -0.05) is 65.3 Å². The molecule has 0 saturated heterocycles. The Morgan fingerprint density at radius 1 is 1.00 bits per heavy atom. The predicted molar refractivity (Wildman–Crippen MR) is 110 cm³/mol. The van der Waals surface area contributed by atoms with Crippen LogP contribution >= 0.6 is 19.0 Å². The highest BCUT2D eigenvalue weighted by Crippen LogP contribution is 2.55. The van der Waals surface area contributed by atoms with Gasteiger partial charge in [-0.2, -0.15) is 0 Å². The van der Waals surface area contributed by atoms with Gasteiger partial charge in [0.25, 0.3) is 7.37 Å². The number of halogens is 1. The Labute approximate surface area is 158 Å². The largest absolute Gasteiger partial charge is 0.442 e. The third kappa shape index (κ3) is 4.72. The van der Waals surface area contributed by atoms with Crippen molar-refractivity contribution < 1.29 is 9.09 Å². The molecule has 0 aromatic heterocycles. The fourth-order valence-electron chi connectivity index (χ4n) is 3.25. The van der Waals surface area contributed by atoms with Crippen LogP contribution in [0.4, 0.5) is 0 Å². The maximum atomic E-state index is 13.4. The van der Waals surface area contributed by atoms with Crippen LogP contribution in [0, 0.1) is 0 Å². The van der Waals surface area contributed by atoms with E-state index in [1.165, 1.54) is 16.7 Å². The molecule has 0 radical (unpaired) electrons. The molecular weight excluding hydrogens is 351 g/mol. The summed E-state index contributed by atoms with van der Waals surface area (Å²) in [6.45, 7) is 15.1. The van der Waals surface area contributed by atoms with Gasteiger partial charge in [0.1, 0.15) is 5.75 Å². The van der Waals surface area contributed by atoms with Crippen molar-refractivity contribution >= 4 is 19.0 Å². The van der Waals surface area contributed by atoms with Crippen LogP contribution in [0.1, 0.15) is 89.3 Å². The zero-order chi connectivity index (χ0) is 18.9. The van der Waals surface area contributed by atoms with Gasteiger partial charge in [-0.15, -0.1) is 0 Å². The smallest absolute Gasteiger partial charge is 0.252 e. The molecule has 0 saturated carbocycles. The van der Waals surface area contributed by atoms with Gasteiger partial charge in [-0.05, 0) is 53.4 Å². The second-order valence-electron chi connectivity index (χ2n) is 8.22. The number of hydrogen-bond donors (Lipinski definition) is 0. The lowest BCUT2D eigenvalue weighted by Crippen LogP contribution is -2.13. The minimum Gasteiger partial charge on any atom is -0.442 e. The van der Waals surface area contributed by atoms with Crippen molar-refractivity contribution in [1.29, 1.82) is 0 Å². The molecule has 4 heteroatoms. The summed E-state index contributed by atoms with van der Waals surface area (Å²) in [7, 11) is -2.74. The molecule has 1 aromatic carbocycles. The second kappa shape index (κ2) is 7.89. The van der Waals surface area contributed by atoms with Crippen LogP contribution in [0.2, 0.25) is 0 Å². The second-order valence-corrected chi connectivity index (χ2v) is 11.2. The van der Waals surface area contributed by atoms with Crippen LogP contribution in [0.25, 0.3) is 0 Å². The maximum Gasteiger partial charge on any atom is 0.252 e. The first kappa shape index (κ1) is 20.6. The summed E-state index contributed by atoms with van der Waals surface area (Å²) in [4.78, 5) is 0. The van der Waals surface area contributed by atoms with Crippen molar-refractivity contribution in [3.8, 4) is 5.75 Å². The molecule has 0 spiro atoms. The molecule has 1 atom stereocenters. The summed E-state index contributed by atoms with van der Waals surface area (Å²) in [6.07, 6.45) is 1.65. The molecule has 1 aromatic rings. The standard InChI is InChI=1S/C21H32ClO2P/c1-13(2)17-10-18(14(3)4)21(19(11-17)15(5)6)24-25(23)9-8-20(22)16(7)12-25/h10-11,13-15H,8-9,12H2,1-7H3. The van der Waals surface area contributed by atoms with E-state index in [1.807, 2.05) is 6.92 Å². The van der Waals surface area contributed by atoms with Crippen LogP contribution in [0.5, 0.6) is 5.75 Å². The predicted octanol–water partition coefficient (Wildman–Crippen LogP) is 7.63. The Kier molecular flexibility index (Phi) is 6.50. The van der Waals surface area contributed by atoms with Crippen molar-refractivity contribution in [2.24, 2.45) is 0 Å². The number of rotatable bonds is 5. The van der Waals surface area contributed by atoms with Crippen LogP contribution < -0.4 is 4.52 Å². The zero-order valence-corrected chi connectivity index (χ0v) is 18.3. The minimum atomic E-state index is -2.74. The monoisotopic (exact) mass is 382 g/mol. The molecule has 25 heavy (non-hydrogen) atoms. The first-order valence-electron chi connectivity index (χ1n) is 9.33. The molecule has 1 unspecified atom stereocenters. The summed E-state index contributed by atoms with van der Waals surface area (Å²) >= 11 is 6.22. The average molecular weight is 383 g/mol. The topological polar surface area (TPSA) is 26.3 Å². The lowest BCUT2D eigenvalue weighted by atomic mass is 9.88. The van der Waals surface area contributed by atoms with E-state index in [4.69, 9.17) is 16.1 Å². The quantitative estimate of drug-likeness (QED) is 0.489. The normalized spacial score (nSPS) is 21.6. The van der Waals surface area contributed by atoms with Gasteiger partial charge in [0, 0.05) is 11.2 Å². The van der Waals surface area contributed by atoms with Gasteiger partial charge in [0.2, 0.25) is 0 Å². The van der Waals surface area contributed by atoms with Crippen molar-refractivity contribution in [3.05, 3.63) is 39.4 Å². The van der Waals surface area contributed by atoms with E-state index in [-0.39, 0.29) is 0 Å². The Morgan fingerprint density at radius 3 is 1.92 bits per heavy atom. The van der Waals surface area contributed by atoms with Crippen molar-refractivity contribution in [1.82, 2.24) is 0 Å². The van der Waals surface area contributed by atoms with Gasteiger partial charge < -0.3 is 4.52 Å². The summed E-state index contributed by atoms with van der Waals surface area (Å²) < 4.78 is 19.8. The molecule has 0 amide bonds. The van der Waals surface area contributed by atoms with E-state index in [2.05, 4.69) is 53.7 Å². The molecule has 2 nitrogen and oxygen atoms in total. The number of benzene rings is 1. The minimum absolute atomic E-state index is 0.322. The first-order valence-corrected chi connectivity index (χ1v) is 11.7. The van der Waals surface area contributed by atoms with Crippen molar-refractivity contribution in [2.45, 2.75) is 72.6 Å². The van der Waals surface area contributed by atoms with Gasteiger partial charge in [-0.25, -0.2) is 0 Å². The first-order chi connectivity index (χ1) is 11.5. The van der Waals surface area contributed by atoms with Gasteiger partial charge in [0.15, 0.2) is 0 Å². The third-order valence-corrected chi connectivity index (χ3v) is 7.84. The Balaban J connectivity index is 2.54. The zero-order valence-electron chi connectivity index (χ0n) is 16.6. The summed E-state index contributed by atoms with van der Waals surface area (Å²) in [5, 5.41) is 0.846. The van der Waals surface area contributed by atoms with E-state index in [9.17, 15) is 4.57 Å². The van der Waals surface area contributed by atoms with E-state index in [0.29, 0.717) is 36.5 Å². The highest BCUT2D eigenvalue weighted by Gasteiger charge is 2.32. The van der Waals surface area contributed by atoms with Crippen LogP contribution in [0.3, 0.4) is 0 Å². The van der Waals surface area contributed by atoms with Crippen molar-refractivity contribution in [3.63, 3.8) is 0 Å². The number of hydrogen-bond acceptors (Lipinski definition) is 2. The third-order valence-electron chi connectivity index (χ3n) is 4.95. The van der Waals surface area contributed by atoms with Gasteiger partial charge >= 0.3 is 0 Å². The highest BCUT2D eigenvalue weighted by atomic mass is 35.5. The van der Waals surface area contributed by atoms with Crippen LogP contribution in [-0.4, -0.2) is 12.3 Å². The summed E-state index contributed by atoms with van der Waals surface area (Å²) in [6, 6.07) is 4.48. The van der Waals surface area contributed by atoms with E-state index in [0.717, 1.165) is 16.4 Å². The molecule has 1 aliphatic rings. The van der Waals surface area contributed by atoms with E-state index < -0.39 is 7.37 Å². The van der Waals surface area contributed by atoms with Gasteiger partial charge in [-0.3, -0.25) is 4.57 Å². The van der Waals surface area contributed by atoms with E-state index >= 15 is 0 Å². The highest BCUT2D eigenvalue weighted by molar-refractivity contribution is 7.59. The Bertz CT molecular complexity index is 688. The Morgan fingerprint density at radius 2 is 1.52 bits per heavy atom. The summed E-state index contributed by atoms with van der Waals surface area (Å²) in [5.41, 5.74) is 4.67. The summed E-state index contributed by atoms with van der Waals surface area (Å²) in [5.74, 6) is 1.95. The molecule has 140 valence electrons. The van der Waals surface area contributed by atoms with Crippen molar-refractivity contribution in [2.75, 3.05) is 12.3 Å². The molecule has 1 aliphatic heterocycles. The molecule has 0 aliphatic carbocycles. The Hall–Kier alpha value is -0.720. The lowest BCUT2D eigenvalue weighted by Gasteiger charge is -2.29. The molecular formula is C21H32ClO2P. The van der Waals surface area contributed by atoms with Crippen LogP contribution in [0.15, 0.2) is 22.7 Å². The van der Waals surface area contributed by atoms with Gasteiger partial charge in [0.05, 0.1) is 6.16 Å². The molecule has 0 N–H and O–H groups in total. The molecule has 0 bridgehead atoms. The van der Waals surface area contributed by atoms with E-state index in [1.54, 1.807) is 0 Å². The fraction of sp³-hybridized carbons (Fsp3) is 0.619. The SMILES string of the molecule is CC1=C(Cl)CCP(=O)(Oc2c(C(C)C)cc(C(C)C)cc2C(C)C)C1. The molecule has 1 heterocycles. The fourth-order valence-corrected chi connectivity index (χ4v) is 5.97. The number of allylic oxidation sites excluding steroid dienone is 2.